The minimum absolute atomic E-state index is 0.551. The zero-order chi connectivity index (χ0) is 9.54. The number of aromatic nitrogens is 3. The first-order chi connectivity index (χ1) is 6.88. The molecule has 1 aromatic heterocycles. The highest BCUT2D eigenvalue weighted by molar-refractivity contribution is 5.84. The molecule has 1 N–H and O–H groups in total. The summed E-state index contributed by atoms with van der Waals surface area (Å²) in [5.74, 6) is 0. The van der Waals surface area contributed by atoms with Gasteiger partial charge in [-0.05, 0) is 28.4 Å². The largest absolute Gasteiger partial charge is 0.197 e. The third kappa shape index (κ3) is 0.834. The van der Waals surface area contributed by atoms with E-state index in [0.717, 1.165) is 22.2 Å². The molecule has 0 fully saturated rings. The summed E-state index contributed by atoms with van der Waals surface area (Å²) in [5, 5.41) is 13.5. The van der Waals surface area contributed by atoms with Crippen LogP contribution < -0.4 is 0 Å². The normalized spacial score (nSPS) is 14.1. The Morgan fingerprint density at radius 1 is 1.36 bits per heavy atom. The Balaban J connectivity index is 2.30. The summed E-state index contributed by atoms with van der Waals surface area (Å²) in [6, 6.07) is 3.81. The minimum Gasteiger partial charge on any atom is -0.197 e. The van der Waals surface area contributed by atoms with E-state index in [9.17, 15) is 4.91 Å². The summed E-state index contributed by atoms with van der Waals surface area (Å²) in [5.41, 5.74) is 4.25. The Labute approximate surface area is 78.8 Å². The van der Waals surface area contributed by atoms with Crippen molar-refractivity contribution in [2.45, 2.75) is 6.42 Å². The fourth-order valence-corrected chi connectivity index (χ4v) is 1.77. The van der Waals surface area contributed by atoms with E-state index in [1.165, 1.54) is 0 Å². The zero-order valence-electron chi connectivity index (χ0n) is 7.19. The summed E-state index contributed by atoms with van der Waals surface area (Å²) in [7, 11) is 0. The number of hydrogen-bond donors (Lipinski definition) is 1. The second-order valence-electron chi connectivity index (χ2n) is 3.23. The van der Waals surface area contributed by atoms with Crippen LogP contribution in [0.25, 0.3) is 17.1 Å². The molecule has 1 aromatic carbocycles. The van der Waals surface area contributed by atoms with Gasteiger partial charge < -0.3 is 0 Å². The fourth-order valence-electron chi connectivity index (χ4n) is 1.77. The van der Waals surface area contributed by atoms with Gasteiger partial charge in [-0.2, -0.15) is 15.4 Å². The maximum absolute atomic E-state index is 10.4. The van der Waals surface area contributed by atoms with E-state index < -0.39 is 0 Å². The van der Waals surface area contributed by atoms with Gasteiger partial charge in [0.2, 0.25) is 0 Å². The maximum atomic E-state index is 10.4. The van der Waals surface area contributed by atoms with Crippen LogP contribution in [0.3, 0.4) is 0 Å². The molecule has 0 saturated heterocycles. The number of aromatic amines is 1. The van der Waals surface area contributed by atoms with E-state index in [-0.39, 0.29) is 0 Å². The van der Waals surface area contributed by atoms with E-state index >= 15 is 0 Å². The number of nitroso groups, excluding NO2 is 1. The van der Waals surface area contributed by atoms with Gasteiger partial charge in [0.1, 0.15) is 11.0 Å². The zero-order valence-corrected chi connectivity index (χ0v) is 7.19. The summed E-state index contributed by atoms with van der Waals surface area (Å²) < 4.78 is 0. The van der Waals surface area contributed by atoms with Gasteiger partial charge >= 0.3 is 0 Å². The number of nitrogens with one attached hydrogen (secondary N) is 1. The molecule has 0 amide bonds. The molecule has 5 heteroatoms. The van der Waals surface area contributed by atoms with E-state index in [2.05, 4.69) is 20.6 Å². The number of H-pyrrole nitrogens is 1. The van der Waals surface area contributed by atoms with Crippen molar-refractivity contribution in [1.29, 1.82) is 0 Å². The van der Waals surface area contributed by atoms with Gasteiger partial charge in [0, 0.05) is 6.42 Å². The highest BCUT2D eigenvalue weighted by Crippen LogP contribution is 2.29. The predicted octanol–water partition coefficient (Wildman–Crippen LogP) is 1.62. The molecule has 68 valence electrons. The SMILES string of the molecule is O=NC1=Cc2ccc3n[nH]nc3c2C1. The average molecular weight is 186 g/mol. The van der Waals surface area contributed by atoms with Crippen LogP contribution in [0.15, 0.2) is 23.0 Å². The molecule has 3 rings (SSSR count). The quantitative estimate of drug-likeness (QED) is 0.688. The number of allylic oxidation sites excluding steroid dienone is 1. The van der Waals surface area contributed by atoms with E-state index in [4.69, 9.17) is 0 Å². The fraction of sp³-hybridized carbons (Fsp3) is 0.111. The second-order valence-corrected chi connectivity index (χ2v) is 3.23. The summed E-state index contributed by atoms with van der Waals surface area (Å²) >= 11 is 0. The molecular formula is C9H6N4O. The molecule has 0 atom stereocenters. The van der Waals surface area contributed by atoms with Gasteiger partial charge in [0.15, 0.2) is 0 Å². The number of benzene rings is 1. The number of nitrogens with zero attached hydrogens (tertiary/aromatic N) is 3. The Morgan fingerprint density at radius 3 is 3.14 bits per heavy atom. The van der Waals surface area contributed by atoms with Crippen molar-refractivity contribution in [1.82, 2.24) is 15.4 Å². The Bertz CT molecular complexity index is 555. The molecule has 2 aromatic rings. The molecule has 0 saturated carbocycles. The topological polar surface area (TPSA) is 71.0 Å². The molecule has 1 aliphatic carbocycles. The van der Waals surface area contributed by atoms with Crippen molar-refractivity contribution < 1.29 is 0 Å². The first-order valence-corrected chi connectivity index (χ1v) is 4.25. The minimum atomic E-state index is 0.551. The van der Waals surface area contributed by atoms with Crippen LogP contribution in [-0.2, 0) is 6.42 Å². The van der Waals surface area contributed by atoms with Gasteiger partial charge in [0.05, 0.1) is 5.70 Å². The molecule has 0 spiro atoms. The van der Waals surface area contributed by atoms with Gasteiger partial charge in [-0.25, -0.2) is 0 Å². The van der Waals surface area contributed by atoms with Crippen LogP contribution in [0.1, 0.15) is 11.1 Å². The molecule has 1 heterocycles. The monoisotopic (exact) mass is 186 g/mol. The highest BCUT2D eigenvalue weighted by Gasteiger charge is 2.17. The lowest BCUT2D eigenvalue weighted by atomic mass is 10.1. The van der Waals surface area contributed by atoms with Crippen LogP contribution in [0.2, 0.25) is 0 Å². The number of rotatable bonds is 1. The van der Waals surface area contributed by atoms with Crippen molar-refractivity contribution in [3.63, 3.8) is 0 Å². The van der Waals surface area contributed by atoms with Gasteiger partial charge in [-0.15, -0.1) is 4.91 Å². The third-order valence-corrected chi connectivity index (χ3v) is 2.43. The summed E-state index contributed by atoms with van der Waals surface area (Å²) in [6.45, 7) is 0. The number of hydrogen-bond acceptors (Lipinski definition) is 4. The third-order valence-electron chi connectivity index (χ3n) is 2.43. The molecule has 5 nitrogen and oxygen atoms in total. The lowest BCUT2D eigenvalue weighted by molar-refractivity contribution is 0.957. The molecule has 14 heavy (non-hydrogen) atoms. The smallest absolute Gasteiger partial charge is 0.117 e. The highest BCUT2D eigenvalue weighted by atomic mass is 16.3. The van der Waals surface area contributed by atoms with Crippen molar-refractivity contribution in [2.75, 3.05) is 0 Å². The first kappa shape index (κ1) is 7.37. The number of fused-ring (bicyclic) bond motifs is 3. The molecule has 0 bridgehead atoms. The predicted molar refractivity (Wildman–Crippen MR) is 51.4 cm³/mol. The molecule has 0 aliphatic heterocycles. The van der Waals surface area contributed by atoms with E-state index in [1.807, 2.05) is 12.1 Å². The molecule has 0 radical (unpaired) electrons. The van der Waals surface area contributed by atoms with Crippen LogP contribution >= 0.6 is 0 Å². The Kier molecular flexibility index (Phi) is 1.30. The van der Waals surface area contributed by atoms with Gasteiger partial charge in [-0.3, -0.25) is 0 Å². The average Bonchev–Trinajstić information content (AvgIpc) is 2.82. The summed E-state index contributed by atoms with van der Waals surface area (Å²) in [6.07, 6.45) is 2.35. The molecule has 0 unspecified atom stereocenters. The van der Waals surface area contributed by atoms with Crippen LogP contribution in [0, 0.1) is 4.91 Å². The standard InChI is InChI=1S/C9H6N4O/c14-12-6-3-5-1-2-8-9(7(5)4-6)11-13-10-8/h1-3H,4H2,(H,10,11,13). The lowest BCUT2D eigenvalue weighted by Crippen LogP contribution is -1.85. The van der Waals surface area contributed by atoms with Crippen LogP contribution in [0.5, 0.6) is 0 Å². The Morgan fingerprint density at radius 2 is 2.29 bits per heavy atom. The first-order valence-electron chi connectivity index (χ1n) is 4.25. The summed E-state index contributed by atoms with van der Waals surface area (Å²) in [4.78, 5) is 10.4. The van der Waals surface area contributed by atoms with Gasteiger partial charge in [-0.1, -0.05) is 6.07 Å². The maximum Gasteiger partial charge on any atom is 0.117 e. The van der Waals surface area contributed by atoms with Gasteiger partial charge in [0.25, 0.3) is 0 Å². The van der Waals surface area contributed by atoms with Crippen molar-refractivity contribution in [3.05, 3.63) is 33.9 Å². The van der Waals surface area contributed by atoms with Crippen molar-refractivity contribution in [3.8, 4) is 0 Å². The molecular weight excluding hydrogens is 180 g/mol. The molecule has 1 aliphatic rings. The Hall–Kier alpha value is -2.04. The van der Waals surface area contributed by atoms with Crippen LogP contribution in [0.4, 0.5) is 0 Å². The van der Waals surface area contributed by atoms with E-state index in [0.29, 0.717) is 12.1 Å². The lowest BCUT2D eigenvalue weighted by Gasteiger charge is -1.96. The van der Waals surface area contributed by atoms with E-state index in [1.54, 1.807) is 6.08 Å². The second kappa shape index (κ2) is 2.47. The van der Waals surface area contributed by atoms with Crippen molar-refractivity contribution >= 4 is 17.1 Å². The van der Waals surface area contributed by atoms with Crippen molar-refractivity contribution in [2.24, 2.45) is 5.18 Å². The van der Waals surface area contributed by atoms with Crippen LogP contribution in [-0.4, -0.2) is 15.4 Å².